The highest BCUT2D eigenvalue weighted by molar-refractivity contribution is 5.86. The molecule has 9 heavy (non-hydrogen) atoms. The second kappa shape index (κ2) is 1.59. The van der Waals surface area contributed by atoms with Crippen LogP contribution in [-0.2, 0) is 4.79 Å². The second-order valence-corrected chi connectivity index (χ2v) is 1.55. The maximum atomic E-state index is 10.4. The van der Waals surface area contributed by atoms with Gasteiger partial charge in [0, 0.05) is 0 Å². The average molecular weight is 127 g/mol. The van der Waals surface area contributed by atoms with Crippen molar-refractivity contribution in [1.82, 2.24) is 0 Å². The lowest BCUT2D eigenvalue weighted by atomic mass is 10.4. The number of rotatable bonds is 1. The van der Waals surface area contributed by atoms with E-state index >= 15 is 0 Å². The molecule has 1 rings (SSSR count). The topological polar surface area (TPSA) is 106 Å². The molecule has 0 saturated heterocycles. The SMILES string of the molecule is NC(=O)C1(N)N=CN=N1. The van der Waals surface area contributed by atoms with Crippen LogP contribution in [0.2, 0.25) is 0 Å². The molecule has 0 radical (unpaired) electrons. The number of nitrogens with two attached hydrogens (primary N) is 2. The molecule has 1 amide bonds. The molecule has 1 atom stereocenters. The number of azo groups is 1. The van der Waals surface area contributed by atoms with E-state index in [4.69, 9.17) is 11.5 Å². The first-order valence-corrected chi connectivity index (χ1v) is 2.20. The van der Waals surface area contributed by atoms with E-state index < -0.39 is 11.7 Å². The summed E-state index contributed by atoms with van der Waals surface area (Å²) in [4.78, 5) is 13.8. The molecule has 0 aliphatic carbocycles. The van der Waals surface area contributed by atoms with Crippen LogP contribution < -0.4 is 11.5 Å². The van der Waals surface area contributed by atoms with Gasteiger partial charge in [0.1, 0.15) is 6.34 Å². The first-order chi connectivity index (χ1) is 4.15. The first kappa shape index (κ1) is 5.83. The fourth-order valence-electron chi connectivity index (χ4n) is 0.366. The fraction of sp³-hybridized carbons (Fsp3) is 0.333. The summed E-state index contributed by atoms with van der Waals surface area (Å²) in [6.45, 7) is 0. The number of carbonyl (C=O) groups excluding carboxylic acids is 1. The van der Waals surface area contributed by atoms with Crippen LogP contribution in [0.5, 0.6) is 0 Å². The summed E-state index contributed by atoms with van der Waals surface area (Å²) in [5.41, 5.74) is 9.97. The summed E-state index contributed by atoms with van der Waals surface area (Å²) in [5.74, 6) is -2.44. The van der Waals surface area contributed by atoms with Crippen LogP contribution in [0.3, 0.4) is 0 Å². The molecule has 0 spiro atoms. The maximum absolute atomic E-state index is 10.4. The molecule has 0 aromatic heterocycles. The zero-order valence-corrected chi connectivity index (χ0v) is 4.48. The first-order valence-electron chi connectivity index (χ1n) is 2.20. The minimum Gasteiger partial charge on any atom is -0.365 e. The van der Waals surface area contributed by atoms with E-state index in [0.717, 1.165) is 6.34 Å². The highest BCUT2D eigenvalue weighted by atomic mass is 16.2. The van der Waals surface area contributed by atoms with Gasteiger partial charge in [-0.1, -0.05) is 0 Å². The Labute approximate surface area is 50.6 Å². The molecule has 0 fully saturated rings. The van der Waals surface area contributed by atoms with Crippen LogP contribution in [0.25, 0.3) is 0 Å². The molecule has 1 unspecified atom stereocenters. The Balaban J connectivity index is 2.88. The highest BCUT2D eigenvalue weighted by Crippen LogP contribution is 2.07. The van der Waals surface area contributed by atoms with Gasteiger partial charge in [0.25, 0.3) is 5.91 Å². The van der Waals surface area contributed by atoms with Gasteiger partial charge in [0.2, 0.25) is 0 Å². The van der Waals surface area contributed by atoms with E-state index in [1.807, 2.05) is 0 Å². The Morgan fingerprint density at radius 2 is 2.33 bits per heavy atom. The summed E-state index contributed by atoms with van der Waals surface area (Å²) in [6, 6.07) is 0. The van der Waals surface area contributed by atoms with Crippen LogP contribution in [0.1, 0.15) is 0 Å². The van der Waals surface area contributed by atoms with Crippen molar-refractivity contribution in [3.63, 3.8) is 0 Å². The van der Waals surface area contributed by atoms with Gasteiger partial charge in [0.05, 0.1) is 0 Å². The normalized spacial score (nSPS) is 31.2. The third kappa shape index (κ3) is 0.789. The smallest absolute Gasteiger partial charge is 0.303 e. The van der Waals surface area contributed by atoms with Crippen molar-refractivity contribution >= 4 is 12.2 Å². The van der Waals surface area contributed by atoms with Crippen molar-refractivity contribution in [2.45, 2.75) is 5.79 Å². The summed E-state index contributed by atoms with van der Waals surface area (Å²) in [7, 11) is 0. The molecule has 1 aliphatic heterocycles. The lowest BCUT2D eigenvalue weighted by Gasteiger charge is -2.07. The summed E-state index contributed by atoms with van der Waals surface area (Å²) in [6.07, 6.45) is 1.09. The highest BCUT2D eigenvalue weighted by Gasteiger charge is 2.32. The molecule has 6 heteroatoms. The van der Waals surface area contributed by atoms with Crippen molar-refractivity contribution in [2.24, 2.45) is 26.7 Å². The van der Waals surface area contributed by atoms with Crippen LogP contribution in [0, 0.1) is 0 Å². The summed E-state index contributed by atoms with van der Waals surface area (Å²) in [5, 5.41) is 6.54. The Kier molecular flexibility index (Phi) is 1.03. The van der Waals surface area contributed by atoms with Crippen LogP contribution in [0.4, 0.5) is 0 Å². The van der Waals surface area contributed by atoms with Crippen molar-refractivity contribution in [1.29, 1.82) is 0 Å². The van der Waals surface area contributed by atoms with Crippen LogP contribution in [-0.4, -0.2) is 18.0 Å². The predicted octanol–water partition coefficient (Wildman–Crippen LogP) is -1.42. The van der Waals surface area contributed by atoms with E-state index in [1.165, 1.54) is 0 Å². The van der Waals surface area contributed by atoms with E-state index in [0.29, 0.717) is 0 Å². The van der Waals surface area contributed by atoms with E-state index in [-0.39, 0.29) is 0 Å². The van der Waals surface area contributed by atoms with Crippen molar-refractivity contribution in [2.75, 3.05) is 0 Å². The van der Waals surface area contributed by atoms with Gasteiger partial charge in [-0.2, -0.15) is 0 Å². The third-order valence-corrected chi connectivity index (χ3v) is 0.879. The quantitative estimate of drug-likeness (QED) is 0.451. The van der Waals surface area contributed by atoms with Crippen molar-refractivity contribution < 1.29 is 4.79 Å². The van der Waals surface area contributed by atoms with E-state index in [9.17, 15) is 4.79 Å². The van der Waals surface area contributed by atoms with Gasteiger partial charge in [-0.05, 0) is 0 Å². The van der Waals surface area contributed by atoms with Crippen molar-refractivity contribution in [3.05, 3.63) is 0 Å². The minimum absolute atomic E-state index is 0.806. The number of hydrogen-bond donors (Lipinski definition) is 2. The number of nitrogens with zero attached hydrogens (tertiary/aromatic N) is 3. The standard InChI is InChI=1S/C3H5N5O/c4-2(9)3(5)6-1-7-8-3/h1H,5H2,(H2,4,9). The number of amides is 1. The minimum atomic E-state index is -1.64. The molecule has 0 bridgehead atoms. The lowest BCUT2D eigenvalue weighted by molar-refractivity contribution is -0.122. The molecule has 6 nitrogen and oxygen atoms in total. The number of carbonyl (C=O) groups is 1. The number of aliphatic imine (C=N–C) groups is 1. The zero-order valence-electron chi connectivity index (χ0n) is 4.48. The van der Waals surface area contributed by atoms with Crippen molar-refractivity contribution in [3.8, 4) is 0 Å². The molecule has 48 valence electrons. The molecule has 4 N–H and O–H groups in total. The Morgan fingerprint density at radius 1 is 1.67 bits per heavy atom. The molecule has 0 aromatic rings. The van der Waals surface area contributed by atoms with E-state index in [2.05, 4.69) is 15.2 Å². The van der Waals surface area contributed by atoms with Gasteiger partial charge >= 0.3 is 5.79 Å². The van der Waals surface area contributed by atoms with Gasteiger partial charge in [0.15, 0.2) is 0 Å². The molecule has 0 aromatic carbocycles. The van der Waals surface area contributed by atoms with Gasteiger partial charge in [-0.3, -0.25) is 10.5 Å². The summed E-state index contributed by atoms with van der Waals surface area (Å²) < 4.78 is 0. The fourth-order valence-corrected chi connectivity index (χ4v) is 0.366. The summed E-state index contributed by atoms with van der Waals surface area (Å²) >= 11 is 0. The predicted molar refractivity (Wildman–Crippen MR) is 29.5 cm³/mol. The third-order valence-electron chi connectivity index (χ3n) is 0.879. The van der Waals surface area contributed by atoms with Gasteiger partial charge in [-0.25, -0.2) is 4.99 Å². The number of primary amides is 1. The zero-order chi connectivity index (χ0) is 6.91. The largest absolute Gasteiger partial charge is 0.365 e. The molecular weight excluding hydrogens is 122 g/mol. The Hall–Kier alpha value is -1.30. The monoisotopic (exact) mass is 127 g/mol. The average Bonchev–Trinajstić information content (AvgIpc) is 2.16. The maximum Gasteiger partial charge on any atom is 0.303 e. The second-order valence-electron chi connectivity index (χ2n) is 1.55. The van der Waals surface area contributed by atoms with Gasteiger partial charge in [-0.15, -0.1) is 10.2 Å². The molecule has 1 heterocycles. The lowest BCUT2D eigenvalue weighted by Crippen LogP contribution is -2.47. The number of hydrogen-bond acceptors (Lipinski definition) is 5. The molecular formula is C3H5N5O. The van der Waals surface area contributed by atoms with E-state index in [1.54, 1.807) is 0 Å². The van der Waals surface area contributed by atoms with Crippen LogP contribution >= 0.6 is 0 Å². The molecule has 0 saturated carbocycles. The van der Waals surface area contributed by atoms with Gasteiger partial charge < -0.3 is 5.73 Å². The Bertz CT molecular complexity index is 182. The van der Waals surface area contributed by atoms with Crippen LogP contribution in [0.15, 0.2) is 15.2 Å². The Morgan fingerprint density at radius 3 is 2.56 bits per heavy atom. The molecule has 1 aliphatic rings.